The number of carbonyl (C=O) groups is 4. The van der Waals surface area contributed by atoms with E-state index in [2.05, 4.69) is 124 Å². The Kier molecular flexibility index (Phi) is 47.2. The number of carboxylic acid groups (broad SMARTS) is 1. The van der Waals surface area contributed by atoms with Crippen LogP contribution in [0.3, 0.4) is 0 Å². The summed E-state index contributed by atoms with van der Waals surface area (Å²) in [5, 5.41) is 31.5. The van der Waals surface area contributed by atoms with Gasteiger partial charge in [0, 0.05) is 19.3 Å². The molecule has 77 heavy (non-hydrogen) atoms. The van der Waals surface area contributed by atoms with E-state index >= 15 is 0 Å². The molecule has 0 aromatic rings. The molecule has 1 fully saturated rings. The number of aliphatic hydroxyl groups is 2. The van der Waals surface area contributed by atoms with Gasteiger partial charge in [0.15, 0.2) is 24.6 Å². The zero-order valence-corrected chi connectivity index (χ0v) is 47.7. The lowest BCUT2D eigenvalue weighted by molar-refractivity contribution is -0.301. The van der Waals surface area contributed by atoms with Crippen LogP contribution in [0.2, 0.25) is 0 Å². The summed E-state index contributed by atoms with van der Waals surface area (Å²) >= 11 is 0. The van der Waals surface area contributed by atoms with E-state index < -0.39 is 67.3 Å². The highest BCUT2D eigenvalue weighted by Crippen LogP contribution is 2.26. The molecule has 3 N–H and O–H groups in total. The highest BCUT2D eigenvalue weighted by Gasteiger charge is 2.50. The quantitative estimate of drug-likeness (QED) is 0.0228. The van der Waals surface area contributed by atoms with Crippen molar-refractivity contribution in [3.63, 3.8) is 0 Å². The highest BCUT2D eigenvalue weighted by atomic mass is 16.7. The van der Waals surface area contributed by atoms with E-state index in [4.69, 9.17) is 23.7 Å². The van der Waals surface area contributed by atoms with E-state index in [1.165, 1.54) is 44.9 Å². The number of hydrogen-bond acceptors (Lipinski definition) is 11. The van der Waals surface area contributed by atoms with E-state index in [0.29, 0.717) is 25.7 Å². The zero-order chi connectivity index (χ0) is 56.1. The molecule has 0 aliphatic carbocycles. The van der Waals surface area contributed by atoms with Gasteiger partial charge in [0.25, 0.3) is 0 Å². The van der Waals surface area contributed by atoms with Crippen LogP contribution in [0, 0.1) is 0 Å². The summed E-state index contributed by atoms with van der Waals surface area (Å²) in [5.41, 5.74) is 0. The normalized spacial score (nSPS) is 18.9. The molecule has 0 radical (unpaired) electrons. The number of aliphatic hydroxyl groups excluding tert-OH is 2. The van der Waals surface area contributed by atoms with Crippen LogP contribution in [0.4, 0.5) is 0 Å². The molecule has 1 aliphatic rings. The summed E-state index contributed by atoms with van der Waals surface area (Å²) in [7, 11) is 0. The van der Waals surface area contributed by atoms with Crippen molar-refractivity contribution in [1.82, 2.24) is 0 Å². The number of aliphatic carboxylic acids is 1. The molecule has 1 heterocycles. The van der Waals surface area contributed by atoms with Crippen LogP contribution >= 0.6 is 0 Å². The average molecular weight is 1080 g/mol. The minimum Gasteiger partial charge on any atom is -0.479 e. The van der Waals surface area contributed by atoms with Gasteiger partial charge >= 0.3 is 23.9 Å². The van der Waals surface area contributed by atoms with E-state index in [-0.39, 0.29) is 25.9 Å². The molecule has 0 aromatic heterocycles. The van der Waals surface area contributed by atoms with Gasteiger partial charge in [-0.3, -0.25) is 14.4 Å². The van der Waals surface area contributed by atoms with Gasteiger partial charge in [-0.2, -0.15) is 0 Å². The van der Waals surface area contributed by atoms with Gasteiger partial charge in [0.2, 0.25) is 0 Å². The highest BCUT2D eigenvalue weighted by molar-refractivity contribution is 5.74. The molecule has 1 saturated heterocycles. The molecule has 0 bridgehead atoms. The molecule has 12 nitrogen and oxygen atoms in total. The minimum absolute atomic E-state index is 0.0723. The van der Waals surface area contributed by atoms with E-state index in [1.807, 2.05) is 18.2 Å². The number of carbonyl (C=O) groups excluding carboxylic acids is 3. The van der Waals surface area contributed by atoms with Crippen molar-refractivity contribution in [2.75, 3.05) is 13.2 Å². The minimum atomic E-state index is -1.94. The molecule has 1 aliphatic heterocycles. The maximum atomic E-state index is 13.1. The van der Waals surface area contributed by atoms with Crippen molar-refractivity contribution in [2.24, 2.45) is 0 Å². The van der Waals surface area contributed by atoms with E-state index in [1.54, 1.807) is 0 Å². The second-order valence-electron chi connectivity index (χ2n) is 19.5. The number of esters is 3. The van der Waals surface area contributed by atoms with Crippen LogP contribution < -0.4 is 0 Å². The Morgan fingerprint density at radius 1 is 0.442 bits per heavy atom. The first-order chi connectivity index (χ1) is 37.6. The van der Waals surface area contributed by atoms with Crippen molar-refractivity contribution in [3.8, 4) is 0 Å². The monoisotopic (exact) mass is 1070 g/mol. The third-order valence-electron chi connectivity index (χ3n) is 12.5. The van der Waals surface area contributed by atoms with Gasteiger partial charge in [-0.05, 0) is 96.3 Å². The van der Waals surface area contributed by atoms with E-state index in [0.717, 1.165) is 103 Å². The van der Waals surface area contributed by atoms with Gasteiger partial charge in [0.1, 0.15) is 18.8 Å². The second kappa shape index (κ2) is 51.9. The maximum absolute atomic E-state index is 13.1. The molecule has 12 heteroatoms. The Hall–Kier alpha value is -4.88. The molecule has 6 unspecified atom stereocenters. The van der Waals surface area contributed by atoms with Crippen LogP contribution in [0.25, 0.3) is 0 Å². The van der Waals surface area contributed by atoms with Crippen molar-refractivity contribution >= 4 is 23.9 Å². The lowest BCUT2D eigenvalue weighted by Gasteiger charge is -2.40. The van der Waals surface area contributed by atoms with E-state index in [9.17, 15) is 34.5 Å². The zero-order valence-electron chi connectivity index (χ0n) is 47.7. The maximum Gasteiger partial charge on any atom is 0.335 e. The molecular weight excluding hydrogens is 973 g/mol. The number of ether oxygens (including phenoxy) is 5. The lowest BCUT2D eigenvalue weighted by atomic mass is 9.98. The predicted molar refractivity (Wildman–Crippen MR) is 312 cm³/mol. The molecule has 0 spiro atoms. The number of allylic oxidation sites excluding steroid dienone is 20. The summed E-state index contributed by atoms with van der Waals surface area (Å²) < 4.78 is 28.3. The Morgan fingerprint density at radius 2 is 0.844 bits per heavy atom. The number of unbranched alkanes of at least 4 members (excludes halogenated alkanes) is 14. The first kappa shape index (κ1) is 70.1. The SMILES string of the molecule is CC/C=C\C/C=C\C/C=C\C/C=C\C/C=C\C/C=C\CCC(=O)OC1C(OCC(COC(=O)CCCCCC/C=C\C/C=C\C/C=C\C/C=C\CC)OC(=O)CCCCCCCCCCCCC)OC(C(=O)O)C(O)C1O. The topological polar surface area (TPSA) is 175 Å². The molecule has 0 aromatic carbocycles. The molecule has 0 saturated carbocycles. The first-order valence-electron chi connectivity index (χ1n) is 29.5. The van der Waals surface area contributed by atoms with Crippen LogP contribution in [0.5, 0.6) is 0 Å². The standard InChI is InChI=1S/C65H102O12/c1-4-7-10-13-16-19-22-24-26-28-29-31-33-35-38-41-44-47-50-53-59(68)76-63-61(70)60(69)62(64(71)72)77-65(63)74-55-56(75-58(67)52-49-46-43-40-36-21-18-15-12-9-6-3)54-73-57(66)51-48-45-42-39-37-34-32-30-27-25-23-20-17-14-11-8-5-2/h7-8,10-11,16-17,19-20,24-27,29,31-32,34-35,38,44,47,56,60-63,65,69-70H,4-6,9,12-15,18,21-23,28,30,33,36-37,39-43,45-46,48-55H2,1-3H3,(H,71,72)/b10-7-,11-8-,19-16-,20-17-,26-24-,27-25-,31-29-,34-32-,38-35-,47-44-. The fraction of sp³-hybridized carbons (Fsp3) is 0.631. The summed E-state index contributed by atoms with van der Waals surface area (Å²) in [6, 6.07) is 0. The van der Waals surface area contributed by atoms with Crippen LogP contribution in [0.1, 0.15) is 213 Å². The Bertz CT molecular complexity index is 1800. The Morgan fingerprint density at radius 3 is 1.30 bits per heavy atom. The summed E-state index contributed by atoms with van der Waals surface area (Å²) in [4.78, 5) is 51.1. The van der Waals surface area contributed by atoms with Gasteiger partial charge in [0.05, 0.1) is 6.61 Å². The van der Waals surface area contributed by atoms with Crippen molar-refractivity contribution in [3.05, 3.63) is 122 Å². The number of carboxylic acids is 1. The van der Waals surface area contributed by atoms with Crippen molar-refractivity contribution in [1.29, 1.82) is 0 Å². The Labute approximate surface area is 465 Å². The van der Waals surface area contributed by atoms with Crippen LogP contribution in [-0.2, 0) is 42.9 Å². The van der Waals surface area contributed by atoms with Gasteiger partial charge in [-0.25, -0.2) is 4.79 Å². The largest absolute Gasteiger partial charge is 0.479 e. The van der Waals surface area contributed by atoms with Crippen molar-refractivity contribution in [2.45, 2.75) is 250 Å². The average Bonchev–Trinajstić information content (AvgIpc) is 3.42. The summed E-state index contributed by atoms with van der Waals surface area (Å²) in [5.74, 6) is -3.27. The number of hydrogen-bond donors (Lipinski definition) is 3. The molecule has 1 rings (SSSR count). The van der Waals surface area contributed by atoms with Gasteiger partial charge in [-0.1, -0.05) is 219 Å². The smallest absolute Gasteiger partial charge is 0.335 e. The fourth-order valence-corrected chi connectivity index (χ4v) is 8.09. The summed E-state index contributed by atoms with van der Waals surface area (Å²) in [6.07, 6.45) is 58.9. The van der Waals surface area contributed by atoms with Crippen LogP contribution in [-0.4, -0.2) is 89.2 Å². The second-order valence-corrected chi connectivity index (χ2v) is 19.5. The first-order valence-corrected chi connectivity index (χ1v) is 29.5. The van der Waals surface area contributed by atoms with Gasteiger partial charge < -0.3 is 39.0 Å². The molecule has 0 amide bonds. The Balaban J connectivity index is 2.74. The lowest BCUT2D eigenvalue weighted by Crippen LogP contribution is -2.61. The van der Waals surface area contributed by atoms with Crippen molar-refractivity contribution < 1.29 is 58.2 Å². The molecule has 434 valence electrons. The summed E-state index contributed by atoms with van der Waals surface area (Å²) in [6.45, 7) is 5.69. The molecule has 6 atom stereocenters. The number of rotatable bonds is 48. The fourth-order valence-electron chi connectivity index (χ4n) is 8.09. The van der Waals surface area contributed by atoms with Gasteiger partial charge in [-0.15, -0.1) is 0 Å². The predicted octanol–water partition coefficient (Wildman–Crippen LogP) is 15.2. The third-order valence-corrected chi connectivity index (χ3v) is 12.5. The third kappa shape index (κ3) is 41.8. The van der Waals surface area contributed by atoms with Crippen LogP contribution in [0.15, 0.2) is 122 Å². The molecular formula is C65H102O12.